The van der Waals surface area contributed by atoms with Crippen molar-refractivity contribution in [2.45, 2.75) is 31.5 Å². The van der Waals surface area contributed by atoms with E-state index in [0.717, 1.165) is 32.5 Å². The third-order valence-corrected chi connectivity index (χ3v) is 5.25. The molecule has 3 atom stereocenters. The molecule has 7 heteroatoms. The van der Waals surface area contributed by atoms with Crippen molar-refractivity contribution in [2.75, 3.05) is 20.1 Å². The van der Waals surface area contributed by atoms with E-state index in [1.807, 2.05) is 9.58 Å². The van der Waals surface area contributed by atoms with Gasteiger partial charge in [0.25, 0.3) is 5.91 Å². The number of aromatic nitrogens is 3. The Morgan fingerprint density at radius 1 is 1.48 bits per heavy atom. The largest absolute Gasteiger partial charge is 0.459 e. The van der Waals surface area contributed by atoms with Gasteiger partial charge >= 0.3 is 0 Å². The maximum absolute atomic E-state index is 12.5. The van der Waals surface area contributed by atoms with Crippen LogP contribution in [0.3, 0.4) is 0 Å². The maximum atomic E-state index is 12.5. The van der Waals surface area contributed by atoms with Crippen molar-refractivity contribution in [3.05, 3.63) is 36.8 Å². The lowest BCUT2D eigenvalue weighted by molar-refractivity contribution is 0.0577. The molecular weight excluding hydrogens is 294 g/mol. The fraction of sp³-hybridized carbons (Fsp3) is 0.562. The number of fused-ring (bicyclic) bond motifs is 1. The van der Waals surface area contributed by atoms with Gasteiger partial charge in [-0.05, 0) is 37.9 Å². The summed E-state index contributed by atoms with van der Waals surface area (Å²) in [5, 5.41) is 4.21. The van der Waals surface area contributed by atoms with E-state index in [2.05, 4.69) is 22.0 Å². The monoisotopic (exact) mass is 315 g/mol. The van der Waals surface area contributed by atoms with Crippen LogP contribution in [0, 0.1) is 5.92 Å². The average molecular weight is 315 g/mol. The zero-order valence-electron chi connectivity index (χ0n) is 13.2. The standard InChI is InChI=1S/C16H21N5O2/c1-19-13(9-21-11-17-10-18-21)7-12-8-20(5-4-14(12)19)16(22)15-3-2-6-23-15/h2-3,6,10-14H,4-5,7-9H2,1H3/t12-,13+,14+/m0/s1. The van der Waals surface area contributed by atoms with Crippen LogP contribution in [0.25, 0.3) is 0 Å². The molecule has 1 amide bonds. The van der Waals surface area contributed by atoms with Crippen LogP contribution in [-0.2, 0) is 6.54 Å². The van der Waals surface area contributed by atoms with Gasteiger partial charge in [0, 0.05) is 25.2 Å². The molecule has 0 radical (unpaired) electrons. The first kappa shape index (κ1) is 14.4. The minimum absolute atomic E-state index is 0.0100. The van der Waals surface area contributed by atoms with Gasteiger partial charge in [-0.2, -0.15) is 5.10 Å². The molecular formula is C16H21N5O2. The van der Waals surface area contributed by atoms with E-state index in [0.29, 0.717) is 23.8 Å². The Balaban J connectivity index is 1.43. The molecule has 0 bridgehead atoms. The number of furan rings is 1. The van der Waals surface area contributed by atoms with Crippen molar-refractivity contribution in [3.8, 4) is 0 Å². The molecule has 7 nitrogen and oxygen atoms in total. The smallest absolute Gasteiger partial charge is 0.289 e. The maximum Gasteiger partial charge on any atom is 0.289 e. The first-order valence-electron chi connectivity index (χ1n) is 8.09. The minimum Gasteiger partial charge on any atom is -0.459 e. The number of hydrogen-bond acceptors (Lipinski definition) is 5. The fourth-order valence-corrected chi connectivity index (χ4v) is 4.06. The molecule has 4 rings (SSSR count). The topological polar surface area (TPSA) is 67.4 Å². The molecule has 2 aromatic rings. The summed E-state index contributed by atoms with van der Waals surface area (Å²) in [6.07, 6.45) is 7.00. The Labute approximate surface area is 134 Å². The molecule has 122 valence electrons. The quantitative estimate of drug-likeness (QED) is 0.849. The van der Waals surface area contributed by atoms with Crippen molar-refractivity contribution in [3.63, 3.8) is 0 Å². The number of hydrogen-bond donors (Lipinski definition) is 0. The van der Waals surface area contributed by atoms with Crippen molar-refractivity contribution < 1.29 is 9.21 Å². The van der Waals surface area contributed by atoms with Gasteiger partial charge in [-0.3, -0.25) is 14.4 Å². The van der Waals surface area contributed by atoms with Gasteiger partial charge in [0.1, 0.15) is 12.7 Å². The van der Waals surface area contributed by atoms with Crippen LogP contribution in [0.2, 0.25) is 0 Å². The average Bonchev–Trinajstić information content (AvgIpc) is 3.30. The molecule has 0 spiro atoms. The lowest BCUT2D eigenvalue weighted by atomic mass is 9.92. The normalized spacial score (nSPS) is 28.0. The van der Waals surface area contributed by atoms with Crippen LogP contribution in [0.5, 0.6) is 0 Å². The van der Waals surface area contributed by atoms with Crippen LogP contribution in [0.15, 0.2) is 35.5 Å². The minimum atomic E-state index is 0.0100. The first-order chi connectivity index (χ1) is 11.2. The number of carbonyl (C=O) groups is 1. The first-order valence-corrected chi connectivity index (χ1v) is 8.09. The van der Waals surface area contributed by atoms with Gasteiger partial charge in [0.05, 0.1) is 12.8 Å². The van der Waals surface area contributed by atoms with Crippen molar-refractivity contribution >= 4 is 5.91 Å². The Bertz CT molecular complexity index is 654. The lowest BCUT2D eigenvalue weighted by Crippen LogP contribution is -2.47. The molecule has 2 aliphatic rings. The van der Waals surface area contributed by atoms with Gasteiger partial charge in [-0.1, -0.05) is 0 Å². The van der Waals surface area contributed by atoms with Gasteiger partial charge in [0.15, 0.2) is 5.76 Å². The molecule has 2 aromatic heterocycles. The van der Waals surface area contributed by atoms with Crippen LogP contribution in [-0.4, -0.2) is 62.7 Å². The molecule has 4 heterocycles. The molecule has 23 heavy (non-hydrogen) atoms. The van der Waals surface area contributed by atoms with E-state index in [9.17, 15) is 4.79 Å². The Morgan fingerprint density at radius 2 is 2.39 bits per heavy atom. The molecule has 0 saturated carbocycles. The summed E-state index contributed by atoms with van der Waals surface area (Å²) in [7, 11) is 2.19. The number of piperidine rings is 1. The summed E-state index contributed by atoms with van der Waals surface area (Å²) in [4.78, 5) is 20.9. The molecule has 0 unspecified atom stereocenters. The summed E-state index contributed by atoms with van der Waals surface area (Å²) >= 11 is 0. The number of rotatable bonds is 3. The van der Waals surface area contributed by atoms with Gasteiger partial charge < -0.3 is 9.32 Å². The van der Waals surface area contributed by atoms with Gasteiger partial charge in [0.2, 0.25) is 0 Å². The van der Waals surface area contributed by atoms with Crippen LogP contribution in [0.1, 0.15) is 23.4 Å². The SMILES string of the molecule is CN1[C@@H](Cn2cncn2)C[C@H]2CN(C(=O)c3ccco3)CC[C@H]21. The number of carbonyl (C=O) groups excluding carboxylic acids is 1. The van der Waals surface area contributed by atoms with E-state index in [1.54, 1.807) is 31.1 Å². The molecule has 2 aliphatic heterocycles. The highest BCUT2D eigenvalue weighted by molar-refractivity contribution is 5.91. The van der Waals surface area contributed by atoms with Crippen molar-refractivity contribution in [2.24, 2.45) is 5.92 Å². The predicted octanol–water partition coefficient (Wildman–Crippen LogP) is 1.11. The van der Waals surface area contributed by atoms with Gasteiger partial charge in [-0.25, -0.2) is 4.98 Å². The van der Waals surface area contributed by atoms with E-state index in [4.69, 9.17) is 4.42 Å². The third kappa shape index (κ3) is 2.65. The van der Waals surface area contributed by atoms with E-state index in [-0.39, 0.29) is 5.91 Å². The number of likely N-dealkylation sites (tertiary alicyclic amines) is 2. The number of amides is 1. The molecule has 2 fully saturated rings. The Morgan fingerprint density at radius 3 is 3.13 bits per heavy atom. The highest BCUT2D eigenvalue weighted by Gasteiger charge is 2.43. The zero-order chi connectivity index (χ0) is 15.8. The van der Waals surface area contributed by atoms with E-state index in [1.165, 1.54) is 0 Å². The number of nitrogens with zero attached hydrogens (tertiary/aromatic N) is 5. The second kappa shape index (κ2) is 5.81. The zero-order valence-corrected chi connectivity index (χ0v) is 13.2. The van der Waals surface area contributed by atoms with E-state index < -0.39 is 0 Å². The molecule has 2 saturated heterocycles. The fourth-order valence-electron chi connectivity index (χ4n) is 4.06. The summed E-state index contributed by atoms with van der Waals surface area (Å²) in [5.41, 5.74) is 0. The van der Waals surface area contributed by atoms with Gasteiger partial charge in [-0.15, -0.1) is 0 Å². The summed E-state index contributed by atoms with van der Waals surface area (Å²) in [6.45, 7) is 2.46. The molecule has 0 aliphatic carbocycles. The Hall–Kier alpha value is -2.15. The lowest BCUT2D eigenvalue weighted by Gasteiger charge is -2.37. The van der Waals surface area contributed by atoms with Crippen molar-refractivity contribution in [1.82, 2.24) is 24.6 Å². The second-order valence-corrected chi connectivity index (χ2v) is 6.52. The second-order valence-electron chi connectivity index (χ2n) is 6.52. The van der Waals surface area contributed by atoms with Crippen LogP contribution < -0.4 is 0 Å². The highest BCUT2D eigenvalue weighted by Crippen LogP contribution is 2.35. The Kier molecular flexibility index (Phi) is 3.65. The van der Waals surface area contributed by atoms with E-state index >= 15 is 0 Å². The molecule has 0 aromatic carbocycles. The predicted molar refractivity (Wildman–Crippen MR) is 82.7 cm³/mol. The van der Waals surface area contributed by atoms with Crippen LogP contribution in [0.4, 0.5) is 0 Å². The summed E-state index contributed by atoms with van der Waals surface area (Å²) < 4.78 is 7.15. The summed E-state index contributed by atoms with van der Waals surface area (Å²) in [5.74, 6) is 0.964. The number of likely N-dealkylation sites (N-methyl/N-ethyl adjacent to an activating group) is 1. The summed E-state index contributed by atoms with van der Waals surface area (Å²) in [6, 6.07) is 4.50. The van der Waals surface area contributed by atoms with Crippen molar-refractivity contribution in [1.29, 1.82) is 0 Å². The highest BCUT2D eigenvalue weighted by atomic mass is 16.3. The van der Waals surface area contributed by atoms with Crippen LogP contribution >= 0.6 is 0 Å². The molecule has 0 N–H and O–H groups in total. The third-order valence-electron chi connectivity index (χ3n) is 5.25.